The topological polar surface area (TPSA) is 90.3 Å². The summed E-state index contributed by atoms with van der Waals surface area (Å²) in [6.07, 6.45) is 3.44. The van der Waals surface area contributed by atoms with Crippen LogP contribution in [-0.4, -0.2) is 29.2 Å². The molecule has 6 nitrogen and oxygen atoms in total. The summed E-state index contributed by atoms with van der Waals surface area (Å²) in [4.78, 5) is 39.5. The Morgan fingerprint density at radius 1 is 1.28 bits per heavy atom. The molecule has 3 amide bonds. The van der Waals surface area contributed by atoms with Crippen molar-refractivity contribution in [2.45, 2.75) is 39.0 Å². The van der Waals surface area contributed by atoms with Crippen LogP contribution in [0.3, 0.4) is 0 Å². The number of nitriles is 1. The fourth-order valence-electron chi connectivity index (χ4n) is 3.99. The van der Waals surface area contributed by atoms with E-state index in [1.54, 1.807) is 24.3 Å². The summed E-state index contributed by atoms with van der Waals surface area (Å²) in [6.45, 7) is 2.40. The Kier molecular flexibility index (Phi) is 5.20. The summed E-state index contributed by atoms with van der Waals surface area (Å²) < 4.78 is 0. The van der Waals surface area contributed by atoms with E-state index in [1.165, 1.54) is 21.1 Å². The maximum Gasteiger partial charge on any atom is 0.261 e. The van der Waals surface area contributed by atoms with Gasteiger partial charge in [-0.2, -0.15) is 5.26 Å². The van der Waals surface area contributed by atoms with Crippen molar-refractivity contribution in [1.82, 2.24) is 4.90 Å². The second-order valence-electron chi connectivity index (χ2n) is 7.63. The average molecular weight is 407 g/mol. The second-order valence-corrected chi connectivity index (χ2v) is 8.73. The minimum Gasteiger partial charge on any atom is -0.317 e. The zero-order valence-electron chi connectivity index (χ0n) is 16.2. The SMILES string of the molecule is CC1CCc2c(sc(NC(=O)CCCN3C(=O)c4ccccc4C3=O)c2C#N)C1. The first-order valence-electron chi connectivity index (χ1n) is 9.79. The van der Waals surface area contributed by atoms with E-state index in [-0.39, 0.29) is 30.7 Å². The lowest BCUT2D eigenvalue weighted by Gasteiger charge is -2.17. The van der Waals surface area contributed by atoms with E-state index in [2.05, 4.69) is 18.3 Å². The lowest BCUT2D eigenvalue weighted by molar-refractivity contribution is -0.116. The van der Waals surface area contributed by atoms with Crippen LogP contribution < -0.4 is 5.32 Å². The molecule has 29 heavy (non-hydrogen) atoms. The van der Waals surface area contributed by atoms with E-state index in [0.717, 1.165) is 24.8 Å². The van der Waals surface area contributed by atoms with Crippen LogP contribution >= 0.6 is 11.3 Å². The minimum absolute atomic E-state index is 0.178. The summed E-state index contributed by atoms with van der Waals surface area (Å²) in [5.41, 5.74) is 2.50. The minimum atomic E-state index is -0.308. The highest BCUT2D eigenvalue weighted by Gasteiger charge is 2.34. The van der Waals surface area contributed by atoms with Gasteiger partial charge in [-0.3, -0.25) is 19.3 Å². The van der Waals surface area contributed by atoms with E-state index in [9.17, 15) is 19.6 Å². The molecule has 1 atom stereocenters. The Hall–Kier alpha value is -2.98. The van der Waals surface area contributed by atoms with Crippen LogP contribution in [-0.2, 0) is 17.6 Å². The van der Waals surface area contributed by atoms with Crippen LogP contribution in [0.2, 0.25) is 0 Å². The lowest BCUT2D eigenvalue weighted by Crippen LogP contribution is -2.31. The molecule has 0 saturated heterocycles. The number of nitrogens with one attached hydrogen (secondary N) is 1. The van der Waals surface area contributed by atoms with E-state index >= 15 is 0 Å². The molecule has 0 spiro atoms. The molecule has 1 aromatic carbocycles. The Morgan fingerprint density at radius 2 is 1.97 bits per heavy atom. The number of hydrogen-bond donors (Lipinski definition) is 1. The highest BCUT2D eigenvalue weighted by atomic mass is 32.1. The van der Waals surface area contributed by atoms with Crippen LogP contribution in [0, 0.1) is 17.2 Å². The zero-order valence-corrected chi connectivity index (χ0v) is 17.0. The number of benzene rings is 1. The molecule has 2 aliphatic rings. The zero-order chi connectivity index (χ0) is 20.5. The fourth-order valence-corrected chi connectivity index (χ4v) is 5.36. The van der Waals surface area contributed by atoms with Gasteiger partial charge in [-0.1, -0.05) is 19.1 Å². The third kappa shape index (κ3) is 3.56. The van der Waals surface area contributed by atoms with Crippen LogP contribution in [0.5, 0.6) is 0 Å². The number of fused-ring (bicyclic) bond motifs is 2. The molecule has 1 aliphatic heterocycles. The summed E-state index contributed by atoms with van der Waals surface area (Å²) in [6, 6.07) is 9.00. The largest absolute Gasteiger partial charge is 0.317 e. The van der Waals surface area contributed by atoms with Gasteiger partial charge in [0.2, 0.25) is 5.91 Å². The quantitative estimate of drug-likeness (QED) is 0.764. The monoisotopic (exact) mass is 407 g/mol. The molecule has 7 heteroatoms. The molecular weight excluding hydrogens is 386 g/mol. The van der Waals surface area contributed by atoms with E-state index in [0.29, 0.717) is 34.0 Å². The highest BCUT2D eigenvalue weighted by molar-refractivity contribution is 7.16. The highest BCUT2D eigenvalue weighted by Crippen LogP contribution is 2.39. The number of anilines is 1. The first-order valence-corrected chi connectivity index (χ1v) is 10.6. The van der Waals surface area contributed by atoms with Gasteiger partial charge in [0.05, 0.1) is 16.7 Å². The van der Waals surface area contributed by atoms with Crippen LogP contribution in [0.15, 0.2) is 24.3 Å². The summed E-state index contributed by atoms with van der Waals surface area (Å²) >= 11 is 1.50. The van der Waals surface area contributed by atoms with Crippen molar-refractivity contribution in [3.63, 3.8) is 0 Å². The van der Waals surface area contributed by atoms with Gasteiger partial charge < -0.3 is 5.32 Å². The molecule has 1 unspecified atom stereocenters. The van der Waals surface area contributed by atoms with E-state index < -0.39 is 0 Å². The van der Waals surface area contributed by atoms with Crippen molar-refractivity contribution < 1.29 is 14.4 Å². The molecule has 4 rings (SSSR count). The van der Waals surface area contributed by atoms with Crippen LogP contribution in [0.1, 0.15) is 62.9 Å². The molecule has 0 radical (unpaired) electrons. The van der Waals surface area contributed by atoms with Crippen molar-refractivity contribution >= 4 is 34.1 Å². The van der Waals surface area contributed by atoms with Crippen molar-refractivity contribution in [3.8, 4) is 6.07 Å². The molecule has 148 valence electrons. The van der Waals surface area contributed by atoms with E-state index in [4.69, 9.17) is 0 Å². The number of carbonyl (C=O) groups excluding carboxylic acids is 3. The molecule has 0 saturated carbocycles. The lowest BCUT2D eigenvalue weighted by atomic mass is 9.88. The van der Waals surface area contributed by atoms with Gasteiger partial charge in [-0.05, 0) is 49.3 Å². The van der Waals surface area contributed by atoms with Crippen molar-refractivity contribution in [2.24, 2.45) is 5.92 Å². The van der Waals surface area contributed by atoms with E-state index in [1.807, 2.05) is 0 Å². The molecule has 2 aromatic rings. The van der Waals surface area contributed by atoms with Crippen molar-refractivity contribution in [1.29, 1.82) is 5.26 Å². The van der Waals surface area contributed by atoms with Crippen LogP contribution in [0.4, 0.5) is 5.00 Å². The standard InChI is InChI=1S/C22H21N3O3S/c1-13-8-9-14-17(12-23)20(29-18(14)11-13)24-19(26)7-4-10-25-21(27)15-5-2-3-6-16(15)22(25)28/h2-3,5-6,13H,4,7-11H2,1H3,(H,24,26). The molecule has 1 aromatic heterocycles. The maximum atomic E-state index is 12.4. The normalized spacial score (nSPS) is 17.7. The van der Waals surface area contributed by atoms with Gasteiger partial charge in [0.15, 0.2) is 0 Å². The fraction of sp³-hybridized carbons (Fsp3) is 0.364. The number of hydrogen-bond acceptors (Lipinski definition) is 5. The van der Waals surface area contributed by atoms with Gasteiger partial charge in [-0.15, -0.1) is 11.3 Å². The van der Waals surface area contributed by atoms with Gasteiger partial charge in [0.25, 0.3) is 11.8 Å². The Labute approximate surface area is 173 Å². The number of carbonyl (C=O) groups is 3. The third-order valence-electron chi connectivity index (χ3n) is 5.54. The Bertz CT molecular complexity index is 1020. The molecule has 2 heterocycles. The van der Waals surface area contributed by atoms with Crippen molar-refractivity contribution in [3.05, 3.63) is 51.4 Å². The van der Waals surface area contributed by atoms with Crippen LogP contribution in [0.25, 0.3) is 0 Å². The summed E-state index contributed by atoms with van der Waals surface area (Å²) in [7, 11) is 0. The molecule has 1 N–H and O–H groups in total. The smallest absolute Gasteiger partial charge is 0.261 e. The molecule has 0 fully saturated rings. The Morgan fingerprint density at radius 3 is 2.62 bits per heavy atom. The second kappa shape index (κ2) is 7.80. The first kappa shape index (κ1) is 19.3. The predicted molar refractivity (Wildman–Crippen MR) is 110 cm³/mol. The number of thiophene rings is 1. The van der Waals surface area contributed by atoms with Gasteiger partial charge in [-0.25, -0.2) is 0 Å². The number of nitrogens with zero attached hydrogens (tertiary/aromatic N) is 2. The Balaban J connectivity index is 1.36. The van der Waals surface area contributed by atoms with Crippen molar-refractivity contribution in [2.75, 3.05) is 11.9 Å². The molecule has 1 aliphatic carbocycles. The predicted octanol–water partition coefficient (Wildman–Crippen LogP) is 3.76. The number of amides is 3. The van der Waals surface area contributed by atoms with Gasteiger partial charge >= 0.3 is 0 Å². The van der Waals surface area contributed by atoms with Gasteiger partial charge in [0.1, 0.15) is 11.1 Å². The number of rotatable bonds is 5. The third-order valence-corrected chi connectivity index (χ3v) is 6.71. The number of imide groups is 1. The van der Waals surface area contributed by atoms with Gasteiger partial charge in [0, 0.05) is 17.8 Å². The molecule has 0 bridgehead atoms. The summed E-state index contributed by atoms with van der Waals surface area (Å²) in [5.74, 6) is -0.226. The summed E-state index contributed by atoms with van der Waals surface area (Å²) in [5, 5.41) is 13.0. The maximum absolute atomic E-state index is 12.4. The molecular formula is C22H21N3O3S. The first-order chi connectivity index (χ1) is 14.0. The average Bonchev–Trinajstić information content (AvgIpc) is 3.17.